The van der Waals surface area contributed by atoms with Crippen molar-refractivity contribution in [1.82, 2.24) is 20.5 Å². The van der Waals surface area contributed by atoms with E-state index in [-0.39, 0.29) is 10.6 Å². The van der Waals surface area contributed by atoms with Crippen molar-refractivity contribution in [3.63, 3.8) is 0 Å². The summed E-state index contributed by atoms with van der Waals surface area (Å²) >= 11 is 1.39. The highest BCUT2D eigenvalue weighted by atomic mass is 32.2. The molecule has 1 aromatic heterocycles. The number of hydrogen-bond acceptors (Lipinski definition) is 8. The summed E-state index contributed by atoms with van der Waals surface area (Å²) in [4.78, 5) is 16.7. The molecular formula is C21H25N5O5S2. The van der Waals surface area contributed by atoms with Crippen LogP contribution in [0.1, 0.15) is 5.56 Å². The van der Waals surface area contributed by atoms with Crippen LogP contribution in [0.3, 0.4) is 0 Å². The third-order valence-corrected chi connectivity index (χ3v) is 7.26. The number of aryl methyl sites for hydroxylation is 1. The van der Waals surface area contributed by atoms with Gasteiger partial charge in [-0.25, -0.2) is 13.4 Å². The first-order chi connectivity index (χ1) is 15.8. The van der Waals surface area contributed by atoms with Gasteiger partial charge in [0.2, 0.25) is 5.91 Å². The van der Waals surface area contributed by atoms with Gasteiger partial charge in [-0.1, -0.05) is 17.8 Å². The van der Waals surface area contributed by atoms with Crippen molar-refractivity contribution in [1.29, 1.82) is 0 Å². The van der Waals surface area contributed by atoms with E-state index in [0.29, 0.717) is 28.9 Å². The fourth-order valence-electron chi connectivity index (χ4n) is 2.96. The van der Waals surface area contributed by atoms with Crippen LogP contribution in [0.4, 0.5) is 5.69 Å². The molecule has 0 spiro atoms. The standard InChI is InChI=1S/C21H25N5O5S2/c1-15-4-9-18(31-3)19(12-15)33(28,29)26(16-5-7-17(30-2)8-6-16)13-20(27)22-10-11-32-21-23-14-24-25-21/h4-9,12,14H,10-11,13H2,1-3H3,(H,22,27)(H,23,24,25). The van der Waals surface area contributed by atoms with Crippen molar-refractivity contribution in [3.05, 3.63) is 54.4 Å². The number of sulfonamides is 1. The Morgan fingerprint density at radius 3 is 2.55 bits per heavy atom. The number of thioether (sulfide) groups is 1. The molecular weight excluding hydrogens is 466 g/mol. The van der Waals surface area contributed by atoms with Gasteiger partial charge in [0, 0.05) is 12.3 Å². The van der Waals surface area contributed by atoms with Crippen LogP contribution in [0, 0.1) is 6.92 Å². The number of methoxy groups -OCH3 is 2. The number of nitrogens with one attached hydrogen (secondary N) is 2. The number of ether oxygens (including phenoxy) is 2. The number of nitrogens with zero attached hydrogens (tertiary/aromatic N) is 3. The summed E-state index contributed by atoms with van der Waals surface area (Å²) in [6, 6.07) is 11.3. The SMILES string of the molecule is COc1ccc(N(CC(=O)NCCSc2ncn[nH]2)S(=O)(=O)c2cc(C)ccc2OC)cc1. The molecule has 0 atom stereocenters. The Labute approximate surface area is 196 Å². The third kappa shape index (κ3) is 6.17. The number of aromatic amines is 1. The number of amides is 1. The number of aromatic nitrogens is 3. The van der Waals surface area contributed by atoms with E-state index in [1.54, 1.807) is 43.3 Å². The normalized spacial score (nSPS) is 11.1. The van der Waals surface area contributed by atoms with Gasteiger partial charge in [-0.15, -0.1) is 0 Å². The third-order valence-electron chi connectivity index (χ3n) is 4.59. The van der Waals surface area contributed by atoms with Gasteiger partial charge in [0.1, 0.15) is 29.3 Å². The maximum Gasteiger partial charge on any atom is 0.268 e. The first-order valence-corrected chi connectivity index (χ1v) is 12.3. The Kier molecular flexibility index (Phi) is 8.17. The largest absolute Gasteiger partial charge is 0.497 e. The average molecular weight is 492 g/mol. The summed E-state index contributed by atoms with van der Waals surface area (Å²) < 4.78 is 38.8. The molecule has 0 aliphatic heterocycles. The van der Waals surface area contributed by atoms with E-state index in [0.717, 1.165) is 9.87 Å². The minimum atomic E-state index is -4.12. The molecule has 0 aliphatic rings. The first-order valence-electron chi connectivity index (χ1n) is 9.91. The van der Waals surface area contributed by atoms with E-state index in [4.69, 9.17) is 9.47 Å². The highest BCUT2D eigenvalue weighted by Gasteiger charge is 2.30. The van der Waals surface area contributed by atoms with Crippen molar-refractivity contribution >= 4 is 33.4 Å². The second-order valence-electron chi connectivity index (χ2n) is 6.85. The number of benzene rings is 2. The maximum atomic E-state index is 13.7. The lowest BCUT2D eigenvalue weighted by Crippen LogP contribution is -2.41. The molecule has 3 rings (SSSR count). The van der Waals surface area contributed by atoms with Gasteiger partial charge < -0.3 is 14.8 Å². The van der Waals surface area contributed by atoms with Gasteiger partial charge >= 0.3 is 0 Å². The molecule has 33 heavy (non-hydrogen) atoms. The molecule has 0 aliphatic carbocycles. The van der Waals surface area contributed by atoms with Crippen molar-refractivity contribution in [3.8, 4) is 11.5 Å². The predicted octanol–water partition coefficient (Wildman–Crippen LogP) is 2.23. The lowest BCUT2D eigenvalue weighted by Gasteiger charge is -2.25. The molecule has 0 unspecified atom stereocenters. The second kappa shape index (κ2) is 11.1. The van der Waals surface area contributed by atoms with Crippen molar-refractivity contribution in [2.45, 2.75) is 17.0 Å². The zero-order chi connectivity index (χ0) is 23.8. The van der Waals surface area contributed by atoms with Crippen molar-refractivity contribution in [2.24, 2.45) is 0 Å². The van der Waals surface area contributed by atoms with Crippen molar-refractivity contribution in [2.75, 3.05) is 37.4 Å². The Bertz CT molecular complexity index is 1170. The van der Waals surface area contributed by atoms with Crippen molar-refractivity contribution < 1.29 is 22.7 Å². The van der Waals surface area contributed by atoms with Gasteiger partial charge in [0.15, 0.2) is 5.16 Å². The van der Waals surface area contributed by atoms with Crippen LogP contribution < -0.4 is 19.1 Å². The van der Waals surface area contributed by atoms with Gasteiger partial charge in [0.25, 0.3) is 10.0 Å². The van der Waals surface area contributed by atoms with E-state index < -0.39 is 22.5 Å². The molecule has 0 bridgehead atoms. The number of H-pyrrole nitrogens is 1. The van der Waals surface area contributed by atoms with E-state index in [9.17, 15) is 13.2 Å². The molecule has 2 N–H and O–H groups in total. The van der Waals surface area contributed by atoms with Gasteiger partial charge in [0.05, 0.1) is 19.9 Å². The quantitative estimate of drug-likeness (QED) is 0.309. The van der Waals surface area contributed by atoms with Crippen LogP contribution in [0.2, 0.25) is 0 Å². The Morgan fingerprint density at radius 2 is 1.91 bits per heavy atom. The number of rotatable bonds is 11. The van der Waals surface area contributed by atoms with Gasteiger partial charge in [-0.2, -0.15) is 5.10 Å². The molecule has 2 aromatic carbocycles. The number of anilines is 1. The number of hydrogen-bond donors (Lipinski definition) is 2. The lowest BCUT2D eigenvalue weighted by atomic mass is 10.2. The summed E-state index contributed by atoms with van der Waals surface area (Å²) in [5.41, 5.74) is 1.07. The topological polar surface area (TPSA) is 127 Å². The summed E-state index contributed by atoms with van der Waals surface area (Å²) in [5, 5.41) is 9.87. The smallest absolute Gasteiger partial charge is 0.268 e. The first kappa shape index (κ1) is 24.4. The van der Waals surface area contributed by atoms with Crippen LogP contribution in [0.5, 0.6) is 11.5 Å². The highest BCUT2D eigenvalue weighted by molar-refractivity contribution is 7.99. The highest BCUT2D eigenvalue weighted by Crippen LogP contribution is 2.31. The molecule has 12 heteroatoms. The zero-order valence-corrected chi connectivity index (χ0v) is 20.1. The molecule has 176 valence electrons. The number of carbonyl (C=O) groups excluding carboxylic acids is 1. The molecule has 0 saturated heterocycles. The van der Waals surface area contributed by atoms with Crippen LogP contribution >= 0.6 is 11.8 Å². The van der Waals surface area contributed by atoms with E-state index in [1.807, 2.05) is 0 Å². The summed E-state index contributed by atoms with van der Waals surface area (Å²) in [6.07, 6.45) is 1.40. The summed E-state index contributed by atoms with van der Waals surface area (Å²) in [6.45, 7) is 1.71. The predicted molar refractivity (Wildman–Crippen MR) is 125 cm³/mol. The van der Waals surface area contributed by atoms with Crippen LogP contribution in [0.15, 0.2) is 58.8 Å². The molecule has 0 fully saturated rings. The summed E-state index contributed by atoms with van der Waals surface area (Å²) in [7, 11) is -1.20. The van der Waals surface area contributed by atoms with Crippen LogP contribution in [-0.4, -0.2) is 62.6 Å². The van der Waals surface area contributed by atoms with E-state index in [2.05, 4.69) is 20.5 Å². The second-order valence-corrected chi connectivity index (χ2v) is 9.77. The lowest BCUT2D eigenvalue weighted by molar-refractivity contribution is -0.119. The van der Waals surface area contributed by atoms with Gasteiger partial charge in [-0.3, -0.25) is 14.2 Å². The Balaban J connectivity index is 1.83. The van der Waals surface area contributed by atoms with Crippen LogP contribution in [-0.2, 0) is 14.8 Å². The molecule has 1 amide bonds. The molecule has 3 aromatic rings. The fraction of sp³-hybridized carbons (Fsp3) is 0.286. The minimum Gasteiger partial charge on any atom is -0.497 e. The minimum absolute atomic E-state index is 0.0190. The maximum absolute atomic E-state index is 13.7. The Hall–Kier alpha value is -3.25. The molecule has 0 saturated carbocycles. The van der Waals surface area contributed by atoms with Gasteiger partial charge in [-0.05, 0) is 48.9 Å². The average Bonchev–Trinajstić information content (AvgIpc) is 3.34. The zero-order valence-electron chi connectivity index (χ0n) is 18.4. The monoisotopic (exact) mass is 491 g/mol. The van der Waals surface area contributed by atoms with Crippen LogP contribution in [0.25, 0.3) is 0 Å². The Morgan fingerprint density at radius 1 is 1.15 bits per heavy atom. The molecule has 1 heterocycles. The fourth-order valence-corrected chi connectivity index (χ4v) is 5.26. The molecule has 0 radical (unpaired) electrons. The van der Waals surface area contributed by atoms with E-state index in [1.165, 1.54) is 38.4 Å². The molecule has 10 nitrogen and oxygen atoms in total. The van der Waals surface area contributed by atoms with E-state index >= 15 is 0 Å². The number of carbonyl (C=O) groups is 1. The summed E-state index contributed by atoms with van der Waals surface area (Å²) in [5.74, 6) is 0.863.